The van der Waals surface area contributed by atoms with Crippen molar-refractivity contribution in [1.29, 1.82) is 0 Å². The Kier molecular flexibility index (Phi) is 8.82. The van der Waals surface area contributed by atoms with E-state index in [1.54, 1.807) is 24.3 Å². The van der Waals surface area contributed by atoms with Crippen LogP contribution in [0.1, 0.15) is 94.3 Å². The van der Waals surface area contributed by atoms with E-state index in [0.29, 0.717) is 24.4 Å². The third kappa shape index (κ3) is 6.57. The summed E-state index contributed by atoms with van der Waals surface area (Å²) in [5.74, 6) is -2.42. The molecule has 0 bridgehead atoms. The van der Waals surface area contributed by atoms with Crippen LogP contribution in [0, 0.1) is 16.7 Å². The van der Waals surface area contributed by atoms with Crippen LogP contribution >= 0.6 is 0 Å². The van der Waals surface area contributed by atoms with Crippen molar-refractivity contribution < 1.29 is 46.7 Å². The molecule has 15 nitrogen and oxygen atoms in total. The maximum absolute atomic E-state index is 13.6. The van der Waals surface area contributed by atoms with Gasteiger partial charge in [0.05, 0.1) is 35.5 Å². The van der Waals surface area contributed by atoms with Gasteiger partial charge in [-0.1, -0.05) is 6.07 Å². The van der Waals surface area contributed by atoms with Crippen LogP contribution in [0.25, 0.3) is 10.9 Å². The number of hydrogen-bond acceptors (Lipinski definition) is 10. The van der Waals surface area contributed by atoms with Crippen molar-refractivity contribution in [2.24, 2.45) is 16.7 Å². The number of nitrogens with zero attached hydrogens (tertiary/aromatic N) is 6. The molecule has 1 unspecified atom stereocenters. The summed E-state index contributed by atoms with van der Waals surface area (Å²) >= 11 is 0. The highest BCUT2D eigenvalue weighted by molar-refractivity contribution is 6.23. The second-order valence-electron chi connectivity index (χ2n) is 17.6. The number of nitrogens with one attached hydrogen (secondary N) is 2. The third-order valence-electron chi connectivity index (χ3n) is 13.8. The van der Waals surface area contributed by atoms with Gasteiger partial charge in [-0.2, -0.15) is 18.3 Å². The number of likely N-dealkylation sites (tertiary alicyclic amines) is 1. The van der Waals surface area contributed by atoms with E-state index in [2.05, 4.69) is 20.5 Å². The van der Waals surface area contributed by atoms with Gasteiger partial charge >= 0.3 is 6.18 Å². The molecule has 0 radical (unpaired) electrons. The SMILES string of the molecule is COc1cc2nn(C3CC4(CCN(C(=O)C5CC6(C5)CN(c5ccc7c(c5)C(=O)N(C5CCC(=O)NC5=O)C7=O)C6)CC4)C3)cc2cc1NC(=O)c1cccc(C(F)(F)F)n1. The number of imide groups is 2. The Bertz CT molecular complexity index is 2560. The van der Waals surface area contributed by atoms with E-state index in [9.17, 15) is 41.9 Å². The normalized spacial score (nSPS) is 23.1. The number of piperidine rings is 2. The summed E-state index contributed by atoms with van der Waals surface area (Å²) in [4.78, 5) is 85.6. The van der Waals surface area contributed by atoms with Crippen molar-refractivity contribution in [2.75, 3.05) is 43.5 Å². The molecular weight excluding hydrogens is 798 g/mol. The Labute approximate surface area is 346 Å². The highest BCUT2D eigenvalue weighted by atomic mass is 19.4. The molecule has 316 valence electrons. The molecule has 18 heteroatoms. The zero-order chi connectivity index (χ0) is 42.6. The predicted molar refractivity (Wildman–Crippen MR) is 210 cm³/mol. The predicted octanol–water partition coefficient (Wildman–Crippen LogP) is 4.97. The second-order valence-corrected chi connectivity index (χ2v) is 17.6. The molecule has 6 aliphatic rings. The quantitative estimate of drug-likeness (QED) is 0.242. The van der Waals surface area contributed by atoms with Crippen LogP contribution in [-0.2, 0) is 20.6 Å². The summed E-state index contributed by atoms with van der Waals surface area (Å²) in [5, 5.41) is 10.4. The van der Waals surface area contributed by atoms with Crippen molar-refractivity contribution in [1.82, 2.24) is 29.9 Å². The molecular formula is C43H41F3N8O7. The summed E-state index contributed by atoms with van der Waals surface area (Å²) < 4.78 is 46.9. The summed E-state index contributed by atoms with van der Waals surface area (Å²) in [5.41, 5.74) is 0.891. The van der Waals surface area contributed by atoms with Crippen LogP contribution in [0.3, 0.4) is 0 Å². The van der Waals surface area contributed by atoms with Crippen LogP contribution < -0.4 is 20.3 Å². The molecule has 2 spiro atoms. The van der Waals surface area contributed by atoms with Crippen LogP contribution in [0.15, 0.2) is 54.7 Å². The number of alkyl halides is 3. The summed E-state index contributed by atoms with van der Waals surface area (Å²) in [6, 6.07) is 10.8. The Morgan fingerprint density at radius 1 is 0.918 bits per heavy atom. The number of carbonyl (C=O) groups excluding carboxylic acids is 6. The molecule has 1 atom stereocenters. The molecule has 2 saturated carbocycles. The van der Waals surface area contributed by atoms with Gasteiger partial charge in [-0.25, -0.2) is 4.98 Å². The summed E-state index contributed by atoms with van der Waals surface area (Å²) in [7, 11) is 1.43. The molecule has 5 fully saturated rings. The Morgan fingerprint density at radius 2 is 1.66 bits per heavy atom. The first-order valence-electron chi connectivity index (χ1n) is 20.4. The maximum Gasteiger partial charge on any atom is 0.433 e. The number of ether oxygens (including phenoxy) is 1. The van der Waals surface area contributed by atoms with Gasteiger partial charge in [0.2, 0.25) is 17.7 Å². The van der Waals surface area contributed by atoms with Gasteiger partial charge in [-0.15, -0.1) is 0 Å². The zero-order valence-corrected chi connectivity index (χ0v) is 33.1. The number of methoxy groups -OCH3 is 1. The van der Waals surface area contributed by atoms with Gasteiger partial charge < -0.3 is 19.9 Å². The van der Waals surface area contributed by atoms with Gasteiger partial charge in [0.25, 0.3) is 17.7 Å². The van der Waals surface area contributed by atoms with E-state index in [4.69, 9.17) is 9.84 Å². The number of carbonyl (C=O) groups is 6. The van der Waals surface area contributed by atoms with Crippen molar-refractivity contribution in [3.63, 3.8) is 0 Å². The summed E-state index contributed by atoms with van der Waals surface area (Å²) in [6.45, 7) is 2.92. The number of pyridine rings is 1. The molecule has 10 rings (SSSR count). The van der Waals surface area contributed by atoms with Crippen LogP contribution in [0.2, 0.25) is 0 Å². The van der Waals surface area contributed by atoms with Gasteiger partial charge in [0.15, 0.2) is 0 Å². The lowest BCUT2D eigenvalue weighted by Gasteiger charge is -2.60. The maximum atomic E-state index is 13.6. The fourth-order valence-electron chi connectivity index (χ4n) is 10.4. The number of hydrogen-bond donors (Lipinski definition) is 2. The second kappa shape index (κ2) is 13.9. The molecule has 4 aliphatic heterocycles. The largest absolute Gasteiger partial charge is 0.494 e. The molecule has 6 amide bonds. The average Bonchev–Trinajstić information content (AvgIpc) is 3.71. The van der Waals surface area contributed by atoms with Gasteiger partial charge in [-0.3, -0.25) is 43.7 Å². The number of fused-ring (bicyclic) bond motifs is 2. The monoisotopic (exact) mass is 838 g/mol. The standard InChI is InChI=1S/C43H41F3N8O7/c1-61-33-15-30-23(13-31(33)48-36(56)29-3-2-4-34(47-29)43(44,45)46)20-53(50-30)26-18-41(19-26)9-11-51(12-10-41)38(58)24-16-42(17-24)21-52(22-42)25-5-6-27-28(14-25)40(60)54(39(27)59)32-7-8-35(55)49-37(32)57/h2-6,13-15,20,24,26,32H,7-12,16-19,21-22H2,1H3,(H,48,56)(H,49,55,57). The number of halogens is 3. The number of anilines is 2. The number of benzene rings is 2. The first kappa shape index (κ1) is 38.8. The molecule has 2 N–H and O–H groups in total. The highest BCUT2D eigenvalue weighted by Crippen LogP contribution is 2.57. The van der Waals surface area contributed by atoms with Crippen molar-refractivity contribution in [3.05, 3.63) is 77.2 Å². The molecule has 2 aromatic heterocycles. The van der Waals surface area contributed by atoms with E-state index in [1.165, 1.54) is 13.2 Å². The van der Waals surface area contributed by atoms with Crippen LogP contribution in [0.4, 0.5) is 24.5 Å². The van der Waals surface area contributed by atoms with Crippen LogP contribution in [-0.4, -0.2) is 99.3 Å². The number of rotatable bonds is 7. The van der Waals surface area contributed by atoms with E-state index >= 15 is 0 Å². The van der Waals surface area contributed by atoms with E-state index in [-0.39, 0.29) is 64.0 Å². The molecule has 61 heavy (non-hydrogen) atoms. The van der Waals surface area contributed by atoms with Crippen molar-refractivity contribution in [2.45, 2.75) is 69.6 Å². The first-order chi connectivity index (χ1) is 29.1. The average molecular weight is 839 g/mol. The molecule has 2 aliphatic carbocycles. The first-order valence-corrected chi connectivity index (χ1v) is 20.4. The van der Waals surface area contributed by atoms with Crippen LogP contribution in [0.5, 0.6) is 5.75 Å². The van der Waals surface area contributed by atoms with E-state index < -0.39 is 47.4 Å². The minimum absolute atomic E-state index is 0.0175. The highest BCUT2D eigenvalue weighted by Gasteiger charge is 2.56. The minimum atomic E-state index is -4.68. The van der Waals surface area contributed by atoms with E-state index in [0.717, 1.165) is 79.7 Å². The third-order valence-corrected chi connectivity index (χ3v) is 13.8. The zero-order valence-electron chi connectivity index (χ0n) is 33.1. The molecule has 6 heterocycles. The lowest BCUT2D eigenvalue weighted by atomic mass is 9.57. The molecule has 3 saturated heterocycles. The Balaban J connectivity index is 0.705. The minimum Gasteiger partial charge on any atom is -0.494 e. The van der Waals surface area contributed by atoms with E-state index in [1.807, 2.05) is 21.8 Å². The summed E-state index contributed by atoms with van der Waals surface area (Å²) in [6.07, 6.45) is 2.67. The number of amides is 6. The molecule has 2 aromatic carbocycles. The Hall–Kier alpha value is -6.33. The lowest BCUT2D eigenvalue weighted by Crippen LogP contribution is -2.64. The number of aromatic nitrogens is 3. The fraction of sp³-hybridized carbons (Fsp3) is 0.442. The lowest BCUT2D eigenvalue weighted by molar-refractivity contribution is -0.149. The van der Waals surface area contributed by atoms with Crippen molar-refractivity contribution >= 4 is 57.7 Å². The van der Waals surface area contributed by atoms with Gasteiger partial charge in [0.1, 0.15) is 23.2 Å². The van der Waals surface area contributed by atoms with Gasteiger partial charge in [-0.05, 0) is 86.8 Å². The molecule has 4 aromatic rings. The topological polar surface area (TPSA) is 176 Å². The van der Waals surface area contributed by atoms with Crippen molar-refractivity contribution in [3.8, 4) is 5.75 Å². The fourth-order valence-corrected chi connectivity index (χ4v) is 10.4. The smallest absolute Gasteiger partial charge is 0.433 e. The Morgan fingerprint density at radius 3 is 2.36 bits per heavy atom. The van der Waals surface area contributed by atoms with Gasteiger partial charge in [0, 0.05) is 67.3 Å².